The van der Waals surface area contributed by atoms with Gasteiger partial charge in [0.1, 0.15) is 0 Å². The van der Waals surface area contributed by atoms with E-state index in [2.05, 4.69) is 28.8 Å². The summed E-state index contributed by atoms with van der Waals surface area (Å²) in [6.07, 6.45) is 0. The molecule has 2 aromatic rings. The second-order valence-electron chi connectivity index (χ2n) is 4.88. The minimum Gasteiger partial charge on any atom is -0.310 e. The molecule has 2 rings (SSSR count). The van der Waals surface area contributed by atoms with Crippen LogP contribution in [0.15, 0.2) is 15.7 Å². The van der Waals surface area contributed by atoms with Gasteiger partial charge >= 0.3 is 5.69 Å². The molecule has 2 N–H and O–H groups in total. The number of nitrogens with one attached hydrogen (secondary N) is 2. The molecule has 2 heterocycles. The zero-order valence-corrected chi connectivity index (χ0v) is 12.8. The number of aryl methyl sites for hydroxylation is 2. The van der Waals surface area contributed by atoms with E-state index >= 15 is 0 Å². The zero-order valence-electron chi connectivity index (χ0n) is 12.0. The molecule has 108 valence electrons. The Morgan fingerprint density at radius 2 is 2.05 bits per heavy atom. The highest BCUT2D eigenvalue weighted by Crippen LogP contribution is 2.26. The van der Waals surface area contributed by atoms with Gasteiger partial charge in [0.05, 0.1) is 16.7 Å². The first-order valence-electron chi connectivity index (χ1n) is 6.33. The predicted molar refractivity (Wildman–Crippen MR) is 79.2 cm³/mol. The Morgan fingerprint density at radius 1 is 1.35 bits per heavy atom. The van der Waals surface area contributed by atoms with Gasteiger partial charge in [-0.1, -0.05) is 0 Å². The summed E-state index contributed by atoms with van der Waals surface area (Å²) in [7, 11) is 1.94. The molecule has 0 bridgehead atoms. The molecule has 0 aromatic carbocycles. The number of H-pyrrole nitrogens is 2. The Labute approximate surface area is 120 Å². The lowest BCUT2D eigenvalue weighted by molar-refractivity contribution is 0.245. The molecule has 0 spiro atoms. The van der Waals surface area contributed by atoms with Crippen molar-refractivity contribution in [2.24, 2.45) is 0 Å². The van der Waals surface area contributed by atoms with E-state index < -0.39 is 5.69 Å². The fraction of sp³-hybridized carbons (Fsp3) is 0.462. The van der Waals surface area contributed by atoms with Gasteiger partial charge in [-0.15, -0.1) is 11.3 Å². The number of nitrogens with zero attached hydrogens (tertiary/aromatic N) is 2. The fourth-order valence-corrected chi connectivity index (χ4v) is 3.06. The van der Waals surface area contributed by atoms with Crippen LogP contribution >= 0.6 is 11.3 Å². The molecular weight excluding hydrogens is 276 g/mol. The van der Waals surface area contributed by atoms with E-state index in [4.69, 9.17) is 0 Å². The summed E-state index contributed by atoms with van der Waals surface area (Å²) < 4.78 is 0. The Hall–Kier alpha value is -1.73. The Kier molecular flexibility index (Phi) is 4.20. The fourth-order valence-electron chi connectivity index (χ4n) is 2.15. The molecule has 6 nitrogen and oxygen atoms in total. The highest BCUT2D eigenvalue weighted by Gasteiger charge is 2.18. The molecule has 1 unspecified atom stereocenters. The monoisotopic (exact) mass is 294 g/mol. The van der Waals surface area contributed by atoms with Gasteiger partial charge in [0.2, 0.25) is 0 Å². The number of aromatic amines is 2. The van der Waals surface area contributed by atoms with E-state index in [0.29, 0.717) is 12.2 Å². The second kappa shape index (κ2) is 5.72. The molecule has 0 saturated heterocycles. The first-order chi connectivity index (χ1) is 9.36. The van der Waals surface area contributed by atoms with Crippen molar-refractivity contribution in [1.82, 2.24) is 19.9 Å². The molecule has 1 atom stereocenters. The van der Waals surface area contributed by atoms with Crippen LogP contribution in [-0.2, 0) is 6.54 Å². The van der Waals surface area contributed by atoms with Crippen LogP contribution in [0, 0.1) is 13.8 Å². The van der Waals surface area contributed by atoms with Gasteiger partial charge in [0.25, 0.3) is 5.56 Å². The average molecular weight is 294 g/mol. The summed E-state index contributed by atoms with van der Waals surface area (Å²) in [6.45, 7) is 6.59. The van der Waals surface area contributed by atoms with Crippen LogP contribution in [0.1, 0.15) is 34.2 Å². The molecule has 2 aromatic heterocycles. The third kappa shape index (κ3) is 3.23. The molecule has 0 amide bonds. The first-order valence-corrected chi connectivity index (χ1v) is 7.15. The largest absolute Gasteiger partial charge is 0.325 e. The molecule has 20 heavy (non-hydrogen) atoms. The lowest BCUT2D eigenvalue weighted by Gasteiger charge is -2.23. The SMILES string of the molecule is Cc1nc(C(C)N(C)Cc2cc(=O)[nH]c(=O)[nH]2)c(C)s1. The van der Waals surface area contributed by atoms with Crippen molar-refractivity contribution < 1.29 is 0 Å². The smallest absolute Gasteiger partial charge is 0.310 e. The third-order valence-corrected chi connectivity index (χ3v) is 4.13. The minimum atomic E-state index is -0.478. The summed E-state index contributed by atoms with van der Waals surface area (Å²) in [6, 6.07) is 1.52. The van der Waals surface area contributed by atoms with Crippen LogP contribution in [-0.4, -0.2) is 26.9 Å². The molecule has 7 heteroatoms. The Balaban J connectivity index is 2.19. The second-order valence-corrected chi connectivity index (χ2v) is 6.29. The van der Waals surface area contributed by atoms with Crippen molar-refractivity contribution in [3.8, 4) is 0 Å². The van der Waals surface area contributed by atoms with Crippen LogP contribution in [0.25, 0.3) is 0 Å². The summed E-state index contributed by atoms with van der Waals surface area (Å²) >= 11 is 1.68. The van der Waals surface area contributed by atoms with E-state index in [0.717, 1.165) is 10.7 Å². The van der Waals surface area contributed by atoms with E-state index in [9.17, 15) is 9.59 Å². The van der Waals surface area contributed by atoms with Crippen molar-refractivity contribution >= 4 is 11.3 Å². The van der Waals surface area contributed by atoms with Gasteiger partial charge in [-0.2, -0.15) is 0 Å². The molecule has 0 saturated carbocycles. The highest BCUT2D eigenvalue weighted by molar-refractivity contribution is 7.11. The van der Waals surface area contributed by atoms with Gasteiger partial charge in [0.15, 0.2) is 0 Å². The number of hydrogen-bond donors (Lipinski definition) is 2. The van der Waals surface area contributed by atoms with Gasteiger partial charge < -0.3 is 4.98 Å². The van der Waals surface area contributed by atoms with Crippen LogP contribution in [0.4, 0.5) is 0 Å². The number of rotatable bonds is 4. The van der Waals surface area contributed by atoms with Crippen molar-refractivity contribution in [3.05, 3.63) is 48.2 Å². The maximum Gasteiger partial charge on any atom is 0.325 e. The minimum absolute atomic E-state index is 0.114. The quantitative estimate of drug-likeness (QED) is 0.891. The maximum atomic E-state index is 11.3. The third-order valence-electron chi connectivity index (χ3n) is 3.23. The van der Waals surface area contributed by atoms with Gasteiger partial charge in [-0.25, -0.2) is 9.78 Å². The summed E-state index contributed by atoms with van der Waals surface area (Å²) in [5.41, 5.74) is 0.777. The van der Waals surface area contributed by atoms with E-state index in [1.54, 1.807) is 11.3 Å². The van der Waals surface area contributed by atoms with E-state index in [-0.39, 0.29) is 11.6 Å². The maximum absolute atomic E-state index is 11.3. The molecule has 0 aliphatic rings. The highest BCUT2D eigenvalue weighted by atomic mass is 32.1. The molecule has 0 radical (unpaired) electrons. The summed E-state index contributed by atoms with van der Waals surface area (Å²) in [5, 5.41) is 1.04. The van der Waals surface area contributed by atoms with Crippen molar-refractivity contribution in [2.45, 2.75) is 33.4 Å². The van der Waals surface area contributed by atoms with Crippen molar-refractivity contribution in [3.63, 3.8) is 0 Å². The predicted octanol–water partition coefficient (Wildman–Crippen LogP) is 1.33. The van der Waals surface area contributed by atoms with Crippen LogP contribution < -0.4 is 11.2 Å². The Bertz CT molecular complexity index is 687. The van der Waals surface area contributed by atoms with E-state index in [1.807, 2.05) is 18.9 Å². The lowest BCUT2D eigenvalue weighted by atomic mass is 10.2. The Morgan fingerprint density at radius 3 is 2.60 bits per heavy atom. The first kappa shape index (κ1) is 14.7. The molecule has 0 aliphatic heterocycles. The number of aromatic nitrogens is 3. The van der Waals surface area contributed by atoms with Gasteiger partial charge in [-0.05, 0) is 27.8 Å². The van der Waals surface area contributed by atoms with Gasteiger partial charge in [-0.3, -0.25) is 14.7 Å². The zero-order chi connectivity index (χ0) is 14.9. The average Bonchev–Trinajstić information content (AvgIpc) is 2.66. The van der Waals surface area contributed by atoms with Crippen LogP contribution in [0.3, 0.4) is 0 Å². The van der Waals surface area contributed by atoms with Crippen LogP contribution in [0.2, 0.25) is 0 Å². The van der Waals surface area contributed by atoms with Crippen molar-refractivity contribution in [1.29, 1.82) is 0 Å². The topological polar surface area (TPSA) is 81.8 Å². The van der Waals surface area contributed by atoms with Crippen molar-refractivity contribution in [2.75, 3.05) is 7.05 Å². The summed E-state index contributed by atoms with van der Waals surface area (Å²) in [5.74, 6) is 0. The van der Waals surface area contributed by atoms with Gasteiger partial charge in [0, 0.05) is 23.2 Å². The number of thiazole rings is 1. The lowest BCUT2D eigenvalue weighted by Crippen LogP contribution is -2.28. The summed E-state index contributed by atoms with van der Waals surface area (Å²) in [4.78, 5) is 35.1. The normalized spacial score (nSPS) is 12.8. The van der Waals surface area contributed by atoms with Crippen LogP contribution in [0.5, 0.6) is 0 Å². The number of hydrogen-bond acceptors (Lipinski definition) is 5. The molecule has 0 aliphatic carbocycles. The van der Waals surface area contributed by atoms with E-state index in [1.165, 1.54) is 10.9 Å². The molecular formula is C13H18N4O2S. The molecule has 0 fully saturated rings. The standard InChI is InChI=1S/C13H18N4O2S/c1-7(12-8(2)20-9(3)14-12)17(4)6-10-5-11(18)16-13(19)15-10/h5,7H,6H2,1-4H3,(H2,15,16,18,19).